The van der Waals surface area contributed by atoms with Crippen LogP contribution in [0.4, 0.5) is 0 Å². The molecule has 1 N–H and O–H groups in total. The van der Waals surface area contributed by atoms with E-state index in [0.717, 1.165) is 18.3 Å². The van der Waals surface area contributed by atoms with Gasteiger partial charge in [0.25, 0.3) is 0 Å². The van der Waals surface area contributed by atoms with E-state index in [2.05, 4.69) is 6.92 Å². The van der Waals surface area contributed by atoms with Crippen LogP contribution in [0.1, 0.15) is 45.4 Å². The van der Waals surface area contributed by atoms with Gasteiger partial charge in [-0.1, -0.05) is 6.92 Å². The third kappa shape index (κ3) is 1.47. The minimum absolute atomic E-state index is 0.164. The Balaban J connectivity index is 2.03. The largest absolute Gasteiger partial charge is 0.481 e. The van der Waals surface area contributed by atoms with Crippen molar-refractivity contribution < 1.29 is 9.90 Å². The lowest BCUT2D eigenvalue weighted by Crippen LogP contribution is -2.20. The highest BCUT2D eigenvalue weighted by Gasteiger charge is 2.48. The number of carboxylic acids is 1. The minimum atomic E-state index is -0.608. The summed E-state index contributed by atoms with van der Waals surface area (Å²) in [5.41, 5.74) is 0.164. The summed E-state index contributed by atoms with van der Waals surface area (Å²) in [7, 11) is 0. The van der Waals surface area contributed by atoms with Gasteiger partial charge in [-0.25, -0.2) is 0 Å². The molecule has 2 nitrogen and oxygen atoms in total. The van der Waals surface area contributed by atoms with E-state index < -0.39 is 5.97 Å². The third-order valence-corrected chi connectivity index (χ3v) is 4.24. The molecule has 2 aliphatic rings. The van der Waals surface area contributed by atoms with Crippen LogP contribution in [0.25, 0.3) is 0 Å². The summed E-state index contributed by atoms with van der Waals surface area (Å²) < 4.78 is 0. The van der Waals surface area contributed by atoms with Crippen LogP contribution in [0.2, 0.25) is 0 Å². The molecule has 0 aromatic heterocycles. The Hall–Kier alpha value is -0.530. The van der Waals surface area contributed by atoms with Gasteiger partial charge >= 0.3 is 5.97 Å². The fourth-order valence-corrected chi connectivity index (χ4v) is 3.25. The molecule has 13 heavy (non-hydrogen) atoms. The van der Waals surface area contributed by atoms with Crippen LogP contribution in [0.3, 0.4) is 0 Å². The third-order valence-electron chi connectivity index (χ3n) is 4.24. The molecule has 2 heteroatoms. The number of aliphatic carboxylic acids is 1. The highest BCUT2D eigenvalue weighted by Crippen LogP contribution is 2.58. The molecular formula is C11H18O2. The van der Waals surface area contributed by atoms with E-state index in [-0.39, 0.29) is 5.41 Å². The van der Waals surface area contributed by atoms with Crippen molar-refractivity contribution in [3.63, 3.8) is 0 Å². The summed E-state index contributed by atoms with van der Waals surface area (Å²) in [5.74, 6) is 1.14. The molecule has 0 unspecified atom stereocenters. The summed E-state index contributed by atoms with van der Waals surface area (Å²) in [5, 5.41) is 8.86. The van der Waals surface area contributed by atoms with Gasteiger partial charge in [0.1, 0.15) is 0 Å². The smallest absolute Gasteiger partial charge is 0.303 e. The van der Waals surface area contributed by atoms with Gasteiger partial charge in [-0.05, 0) is 49.4 Å². The highest BCUT2D eigenvalue weighted by molar-refractivity contribution is 5.67. The average molecular weight is 182 g/mol. The van der Waals surface area contributed by atoms with Gasteiger partial charge in [0.2, 0.25) is 0 Å². The number of fused-ring (bicyclic) bond motifs is 1. The molecule has 2 atom stereocenters. The molecule has 0 aliphatic heterocycles. The summed E-state index contributed by atoms with van der Waals surface area (Å²) in [6, 6.07) is 0. The normalized spacial score (nSPS) is 35.2. The molecule has 0 aromatic rings. The predicted octanol–water partition coefficient (Wildman–Crippen LogP) is 2.68. The second-order valence-corrected chi connectivity index (χ2v) is 4.93. The van der Waals surface area contributed by atoms with Crippen molar-refractivity contribution in [1.29, 1.82) is 0 Å². The predicted molar refractivity (Wildman–Crippen MR) is 50.4 cm³/mol. The summed E-state index contributed by atoms with van der Waals surface area (Å²) in [6.07, 6.45) is 6.52. The zero-order valence-electron chi connectivity index (χ0n) is 8.25. The SMILES string of the molecule is CCC1(CC(=O)O)C[C@H]2CC[C@@H]2C1. The molecule has 0 radical (unpaired) electrons. The van der Waals surface area contributed by atoms with Gasteiger partial charge in [0.05, 0.1) is 6.42 Å². The maximum atomic E-state index is 10.8. The van der Waals surface area contributed by atoms with E-state index in [1.54, 1.807) is 0 Å². The first kappa shape index (κ1) is 9.04. The van der Waals surface area contributed by atoms with Crippen LogP contribution < -0.4 is 0 Å². The molecule has 0 spiro atoms. The molecule has 0 aromatic carbocycles. The van der Waals surface area contributed by atoms with Crippen molar-refractivity contribution in [2.24, 2.45) is 17.3 Å². The average Bonchev–Trinajstić information content (AvgIpc) is 2.28. The van der Waals surface area contributed by atoms with Crippen LogP contribution in [-0.2, 0) is 4.79 Å². The van der Waals surface area contributed by atoms with Gasteiger partial charge in [-0.3, -0.25) is 4.79 Å². The van der Waals surface area contributed by atoms with Crippen LogP contribution in [0.15, 0.2) is 0 Å². The van der Waals surface area contributed by atoms with Crippen LogP contribution in [0, 0.1) is 17.3 Å². The van der Waals surface area contributed by atoms with Gasteiger partial charge in [0.15, 0.2) is 0 Å². The standard InChI is InChI=1S/C11H18O2/c1-2-11(7-10(12)13)5-8-3-4-9(8)6-11/h8-9H,2-7H2,1H3,(H,12,13)/t8-,9-/m1/s1. The van der Waals surface area contributed by atoms with E-state index >= 15 is 0 Å². The molecule has 74 valence electrons. The molecular weight excluding hydrogens is 164 g/mol. The second-order valence-electron chi connectivity index (χ2n) is 4.93. The second kappa shape index (κ2) is 3.00. The quantitative estimate of drug-likeness (QED) is 0.728. The van der Waals surface area contributed by atoms with Crippen molar-refractivity contribution in [3.05, 3.63) is 0 Å². The van der Waals surface area contributed by atoms with E-state index in [0.29, 0.717) is 6.42 Å². The number of rotatable bonds is 3. The van der Waals surface area contributed by atoms with Crippen molar-refractivity contribution in [3.8, 4) is 0 Å². The lowest BCUT2D eigenvalue weighted by Gasteiger charge is -2.29. The summed E-state index contributed by atoms with van der Waals surface area (Å²) in [4.78, 5) is 10.8. The van der Waals surface area contributed by atoms with Gasteiger partial charge in [-0.2, -0.15) is 0 Å². The first-order valence-electron chi connectivity index (χ1n) is 5.37. The zero-order valence-corrected chi connectivity index (χ0v) is 8.25. The number of hydrogen-bond acceptors (Lipinski definition) is 1. The van der Waals surface area contributed by atoms with E-state index in [1.807, 2.05) is 0 Å². The molecule has 0 amide bonds. The fourth-order valence-electron chi connectivity index (χ4n) is 3.25. The van der Waals surface area contributed by atoms with Crippen molar-refractivity contribution in [2.75, 3.05) is 0 Å². The number of hydrogen-bond donors (Lipinski definition) is 1. The van der Waals surface area contributed by atoms with Crippen molar-refractivity contribution in [2.45, 2.75) is 45.4 Å². The molecule has 2 rings (SSSR count). The first-order valence-corrected chi connectivity index (χ1v) is 5.37. The van der Waals surface area contributed by atoms with Crippen LogP contribution in [-0.4, -0.2) is 11.1 Å². The van der Waals surface area contributed by atoms with Crippen LogP contribution >= 0.6 is 0 Å². The Labute approximate surface area is 79.3 Å². The minimum Gasteiger partial charge on any atom is -0.481 e. The molecule has 0 bridgehead atoms. The Morgan fingerprint density at radius 1 is 1.38 bits per heavy atom. The van der Waals surface area contributed by atoms with E-state index in [1.165, 1.54) is 25.7 Å². The number of carbonyl (C=O) groups is 1. The van der Waals surface area contributed by atoms with Gasteiger partial charge in [-0.15, -0.1) is 0 Å². The molecule has 2 saturated carbocycles. The van der Waals surface area contributed by atoms with Crippen molar-refractivity contribution in [1.82, 2.24) is 0 Å². The first-order chi connectivity index (χ1) is 6.15. The molecule has 0 saturated heterocycles. The maximum Gasteiger partial charge on any atom is 0.303 e. The van der Waals surface area contributed by atoms with Crippen molar-refractivity contribution >= 4 is 5.97 Å². The Morgan fingerprint density at radius 2 is 1.92 bits per heavy atom. The Morgan fingerprint density at radius 3 is 2.23 bits per heavy atom. The van der Waals surface area contributed by atoms with Crippen LogP contribution in [0.5, 0.6) is 0 Å². The van der Waals surface area contributed by atoms with Gasteiger partial charge < -0.3 is 5.11 Å². The lowest BCUT2D eigenvalue weighted by molar-refractivity contribution is -0.139. The maximum absolute atomic E-state index is 10.8. The summed E-state index contributed by atoms with van der Waals surface area (Å²) >= 11 is 0. The van der Waals surface area contributed by atoms with E-state index in [9.17, 15) is 4.79 Å². The molecule has 2 fully saturated rings. The molecule has 0 heterocycles. The molecule has 2 aliphatic carbocycles. The monoisotopic (exact) mass is 182 g/mol. The Kier molecular flexibility index (Phi) is 2.09. The topological polar surface area (TPSA) is 37.3 Å². The lowest BCUT2D eigenvalue weighted by atomic mass is 9.77. The summed E-state index contributed by atoms with van der Waals surface area (Å²) in [6.45, 7) is 2.15. The Bertz CT molecular complexity index is 210. The number of carboxylic acid groups (broad SMARTS) is 1. The van der Waals surface area contributed by atoms with Gasteiger partial charge in [0, 0.05) is 0 Å². The van der Waals surface area contributed by atoms with E-state index in [4.69, 9.17) is 5.11 Å². The fraction of sp³-hybridized carbons (Fsp3) is 0.909. The highest BCUT2D eigenvalue weighted by atomic mass is 16.4. The zero-order chi connectivity index (χ0) is 9.47.